The first-order valence-corrected chi connectivity index (χ1v) is 3.69. The summed E-state index contributed by atoms with van der Waals surface area (Å²) >= 11 is 0. The van der Waals surface area contributed by atoms with Crippen molar-refractivity contribution in [3.05, 3.63) is 0 Å². The van der Waals surface area contributed by atoms with Crippen molar-refractivity contribution < 1.29 is 13.9 Å². The van der Waals surface area contributed by atoms with Crippen LogP contribution in [-0.2, 0) is 9.53 Å². The molecule has 0 aromatic rings. The summed E-state index contributed by atoms with van der Waals surface area (Å²) in [5, 5.41) is 0. The van der Waals surface area contributed by atoms with E-state index in [1.165, 1.54) is 0 Å². The molecule has 2 fully saturated rings. The number of nitrogens with zero attached hydrogens (tertiary/aromatic N) is 1. The molecular formula is C7H10FNO2. The van der Waals surface area contributed by atoms with E-state index in [9.17, 15) is 9.18 Å². The van der Waals surface area contributed by atoms with Crippen molar-refractivity contribution in [3.63, 3.8) is 0 Å². The third-order valence-electron chi connectivity index (χ3n) is 2.35. The second-order valence-corrected chi connectivity index (χ2v) is 3.14. The summed E-state index contributed by atoms with van der Waals surface area (Å²) in [6.45, 7) is 0.404. The summed E-state index contributed by atoms with van der Waals surface area (Å²) in [7, 11) is 1.75. The molecule has 0 aliphatic carbocycles. The summed E-state index contributed by atoms with van der Waals surface area (Å²) in [5.74, 6) is 0.0117. The van der Waals surface area contributed by atoms with Gasteiger partial charge in [-0.3, -0.25) is 9.69 Å². The van der Waals surface area contributed by atoms with Gasteiger partial charge >= 0.3 is 0 Å². The Labute approximate surface area is 64.1 Å². The van der Waals surface area contributed by atoms with Gasteiger partial charge in [-0.15, -0.1) is 0 Å². The Morgan fingerprint density at radius 1 is 1.73 bits per heavy atom. The second-order valence-electron chi connectivity index (χ2n) is 3.14. The van der Waals surface area contributed by atoms with Gasteiger partial charge in [-0.1, -0.05) is 0 Å². The molecular weight excluding hydrogens is 149 g/mol. The first-order valence-electron chi connectivity index (χ1n) is 3.69. The predicted octanol–water partition coefficient (Wildman–Crippen LogP) is -0.394. The average molecular weight is 159 g/mol. The van der Waals surface area contributed by atoms with E-state index in [1.807, 2.05) is 0 Å². The Bertz CT molecular complexity index is 197. The molecule has 2 aliphatic rings. The maximum atomic E-state index is 13.0. The number of hydrogen-bond acceptors (Lipinski definition) is 3. The van der Waals surface area contributed by atoms with Crippen LogP contribution >= 0.6 is 0 Å². The van der Waals surface area contributed by atoms with Crippen molar-refractivity contribution in [3.8, 4) is 0 Å². The zero-order chi connectivity index (χ0) is 8.01. The zero-order valence-electron chi connectivity index (χ0n) is 6.29. The van der Waals surface area contributed by atoms with Crippen LogP contribution in [0.3, 0.4) is 0 Å². The summed E-state index contributed by atoms with van der Waals surface area (Å²) < 4.78 is 18.0. The standard InChI is InChI=1S/C7H10FNO2/c1-9-2-4(8)7-6(9)5(10)3-11-7/h4,6-7H,2-3H2,1H3/t4-,6+,7+/m0/s1. The fourth-order valence-corrected chi connectivity index (χ4v) is 1.83. The van der Waals surface area contributed by atoms with Gasteiger partial charge in [0.1, 0.15) is 24.9 Å². The molecule has 0 aromatic heterocycles. The van der Waals surface area contributed by atoms with Gasteiger partial charge in [0.25, 0.3) is 0 Å². The smallest absolute Gasteiger partial charge is 0.178 e. The molecule has 0 N–H and O–H groups in total. The molecule has 2 rings (SSSR count). The van der Waals surface area contributed by atoms with Crippen LogP contribution in [0.2, 0.25) is 0 Å². The summed E-state index contributed by atoms with van der Waals surface area (Å²) in [6.07, 6.45) is -1.48. The number of likely N-dealkylation sites (tertiary alicyclic amines) is 1. The lowest BCUT2D eigenvalue weighted by molar-refractivity contribution is -0.121. The van der Waals surface area contributed by atoms with E-state index in [0.29, 0.717) is 6.54 Å². The predicted molar refractivity (Wildman–Crippen MR) is 36.1 cm³/mol. The lowest BCUT2D eigenvalue weighted by Crippen LogP contribution is -2.34. The maximum Gasteiger partial charge on any atom is 0.178 e. The molecule has 0 saturated carbocycles. The topological polar surface area (TPSA) is 29.5 Å². The van der Waals surface area contributed by atoms with Crippen LogP contribution in [0.5, 0.6) is 0 Å². The van der Waals surface area contributed by atoms with Crippen molar-refractivity contribution in [2.75, 3.05) is 20.2 Å². The van der Waals surface area contributed by atoms with Gasteiger partial charge in [0, 0.05) is 6.54 Å². The largest absolute Gasteiger partial charge is 0.365 e. The van der Waals surface area contributed by atoms with Gasteiger partial charge in [0.05, 0.1) is 0 Å². The monoisotopic (exact) mass is 159 g/mol. The second kappa shape index (κ2) is 2.25. The number of hydrogen-bond donors (Lipinski definition) is 0. The minimum absolute atomic E-state index is 0.0117. The third-order valence-corrected chi connectivity index (χ3v) is 2.35. The molecule has 62 valence electrons. The highest BCUT2D eigenvalue weighted by Crippen LogP contribution is 2.27. The molecule has 0 unspecified atom stereocenters. The van der Waals surface area contributed by atoms with Crippen molar-refractivity contribution in [2.45, 2.75) is 18.3 Å². The van der Waals surface area contributed by atoms with Crippen LogP contribution < -0.4 is 0 Å². The Balaban J connectivity index is 2.21. The molecule has 3 atom stereocenters. The minimum atomic E-state index is -0.989. The van der Waals surface area contributed by atoms with E-state index in [2.05, 4.69) is 0 Å². The minimum Gasteiger partial charge on any atom is -0.365 e. The Kier molecular flexibility index (Phi) is 1.47. The Morgan fingerprint density at radius 3 is 3.09 bits per heavy atom. The van der Waals surface area contributed by atoms with Crippen molar-refractivity contribution in [1.82, 2.24) is 4.90 Å². The van der Waals surface area contributed by atoms with Crippen molar-refractivity contribution in [2.24, 2.45) is 0 Å². The third kappa shape index (κ3) is 0.895. The number of fused-ring (bicyclic) bond motifs is 1. The van der Waals surface area contributed by atoms with Crippen LogP contribution in [0.15, 0.2) is 0 Å². The van der Waals surface area contributed by atoms with Crippen LogP contribution in [0, 0.1) is 0 Å². The first kappa shape index (κ1) is 7.18. The van der Waals surface area contributed by atoms with Crippen molar-refractivity contribution >= 4 is 5.78 Å². The number of halogens is 1. The molecule has 4 heteroatoms. The highest BCUT2D eigenvalue weighted by molar-refractivity contribution is 5.88. The molecule has 0 spiro atoms. The van der Waals surface area contributed by atoms with E-state index < -0.39 is 12.3 Å². The first-order chi connectivity index (χ1) is 5.20. The molecule has 2 heterocycles. The summed E-state index contributed by atoms with van der Waals surface area (Å²) in [5.41, 5.74) is 0. The number of Topliss-reactive ketones (excluding diaryl/α,β-unsaturated/α-hetero) is 1. The fraction of sp³-hybridized carbons (Fsp3) is 0.857. The average Bonchev–Trinajstić information content (AvgIpc) is 2.41. The van der Waals surface area contributed by atoms with Crippen LogP contribution in [0.4, 0.5) is 4.39 Å². The van der Waals surface area contributed by atoms with E-state index in [4.69, 9.17) is 4.74 Å². The number of carbonyl (C=O) groups excluding carboxylic acids is 1. The SMILES string of the molecule is CN1C[C@H](F)[C@H]2OCC(=O)[C@H]21. The Hall–Kier alpha value is -0.480. The number of ether oxygens (including phenoxy) is 1. The molecule has 3 nitrogen and oxygen atoms in total. The lowest BCUT2D eigenvalue weighted by Gasteiger charge is -2.13. The van der Waals surface area contributed by atoms with E-state index in [1.54, 1.807) is 11.9 Å². The van der Waals surface area contributed by atoms with Crippen molar-refractivity contribution in [1.29, 1.82) is 0 Å². The molecule has 0 amide bonds. The number of rotatable bonds is 0. The van der Waals surface area contributed by atoms with Gasteiger partial charge < -0.3 is 4.74 Å². The van der Waals surface area contributed by atoms with Gasteiger partial charge in [-0.25, -0.2) is 4.39 Å². The summed E-state index contributed by atoms with van der Waals surface area (Å²) in [4.78, 5) is 12.8. The van der Waals surface area contributed by atoms with E-state index in [-0.39, 0.29) is 18.4 Å². The fourth-order valence-electron chi connectivity index (χ4n) is 1.83. The summed E-state index contributed by atoms with van der Waals surface area (Å²) in [6, 6.07) is -0.315. The number of ketones is 1. The van der Waals surface area contributed by atoms with Crippen LogP contribution in [-0.4, -0.2) is 49.2 Å². The van der Waals surface area contributed by atoms with E-state index in [0.717, 1.165) is 0 Å². The molecule has 0 radical (unpaired) electrons. The number of carbonyl (C=O) groups is 1. The number of alkyl halides is 1. The zero-order valence-corrected chi connectivity index (χ0v) is 6.29. The number of likely N-dealkylation sites (N-methyl/N-ethyl adjacent to an activating group) is 1. The molecule has 0 aromatic carbocycles. The molecule has 2 aliphatic heterocycles. The Morgan fingerprint density at radius 2 is 2.45 bits per heavy atom. The van der Waals surface area contributed by atoms with Gasteiger partial charge in [0.2, 0.25) is 0 Å². The van der Waals surface area contributed by atoms with Crippen LogP contribution in [0.1, 0.15) is 0 Å². The maximum absolute atomic E-state index is 13.0. The lowest BCUT2D eigenvalue weighted by atomic mass is 10.1. The highest BCUT2D eigenvalue weighted by Gasteiger charge is 2.49. The molecule has 11 heavy (non-hydrogen) atoms. The molecule has 2 saturated heterocycles. The van der Waals surface area contributed by atoms with Gasteiger partial charge in [0.15, 0.2) is 5.78 Å². The van der Waals surface area contributed by atoms with Gasteiger partial charge in [-0.05, 0) is 7.05 Å². The van der Waals surface area contributed by atoms with Crippen LogP contribution in [0.25, 0.3) is 0 Å². The highest BCUT2D eigenvalue weighted by atomic mass is 19.1. The molecule has 0 bridgehead atoms. The normalized spacial score (nSPS) is 44.9. The van der Waals surface area contributed by atoms with Gasteiger partial charge in [-0.2, -0.15) is 0 Å². The van der Waals surface area contributed by atoms with E-state index >= 15 is 0 Å². The quantitative estimate of drug-likeness (QED) is 0.482.